The first-order chi connectivity index (χ1) is 24.1. The first-order valence-electron chi connectivity index (χ1n) is 16.6. The fourth-order valence-electron chi connectivity index (χ4n) is 7.00. The molecule has 5 heterocycles. The molecule has 0 aromatic carbocycles. The number of aromatic nitrogens is 2. The van der Waals surface area contributed by atoms with Gasteiger partial charge in [0.1, 0.15) is 0 Å². The van der Waals surface area contributed by atoms with Crippen LogP contribution >= 0.6 is 0 Å². The van der Waals surface area contributed by atoms with E-state index in [-0.39, 0.29) is 51.4 Å². The van der Waals surface area contributed by atoms with E-state index in [1.165, 1.54) is 0 Å². The summed E-state index contributed by atoms with van der Waals surface area (Å²) in [4.78, 5) is 75.5. The van der Waals surface area contributed by atoms with E-state index in [0.29, 0.717) is 67.8 Å². The van der Waals surface area contributed by atoms with Crippen molar-refractivity contribution >= 4 is 59.5 Å². The lowest BCUT2D eigenvalue weighted by Gasteiger charge is -2.10. The van der Waals surface area contributed by atoms with Gasteiger partial charge >= 0.3 is 29.8 Å². The number of carboxylic acid groups (broad SMARTS) is 5. The second kappa shape index (κ2) is 15.0. The molecule has 14 nitrogen and oxygen atoms in total. The monoisotopic (exact) mass is 700 g/mol. The Balaban J connectivity index is 1.85. The van der Waals surface area contributed by atoms with Gasteiger partial charge in [-0.3, -0.25) is 29.0 Å². The average Bonchev–Trinajstić information content (AvgIpc) is 3.70. The SMILES string of the molecule is CC1=C(CCC(=O)O)C2=NC/1=C\c1[nH]c(c(C)c1CCC(=O)O)CC1N=C(/C=c3\[nH]/c(c(CC(=O)O)c3CCC(=O)O)=C\2)C(CCC(=O)O)=C1C. The van der Waals surface area contributed by atoms with E-state index in [2.05, 4.69) is 9.97 Å². The summed E-state index contributed by atoms with van der Waals surface area (Å²) in [6.45, 7) is 5.62. The molecule has 8 bridgehead atoms. The molecule has 5 rings (SSSR count). The van der Waals surface area contributed by atoms with E-state index >= 15 is 0 Å². The predicted molar refractivity (Wildman–Crippen MR) is 187 cm³/mol. The minimum Gasteiger partial charge on any atom is -0.481 e. The van der Waals surface area contributed by atoms with Gasteiger partial charge in [-0.05, 0) is 109 Å². The summed E-state index contributed by atoms with van der Waals surface area (Å²) in [6, 6.07) is -0.402. The Hall–Kier alpha value is -5.79. The average molecular weight is 701 g/mol. The molecule has 1 unspecified atom stereocenters. The van der Waals surface area contributed by atoms with Crippen molar-refractivity contribution in [3.63, 3.8) is 0 Å². The highest BCUT2D eigenvalue weighted by Gasteiger charge is 2.29. The number of allylic oxidation sites excluding steroid dienone is 3. The number of aromatic amines is 2. The summed E-state index contributed by atoms with van der Waals surface area (Å²) >= 11 is 0. The Labute approximate surface area is 292 Å². The summed E-state index contributed by atoms with van der Waals surface area (Å²) in [5, 5.41) is 48.9. The first kappa shape index (κ1) is 36.5. The summed E-state index contributed by atoms with van der Waals surface area (Å²) < 4.78 is 0. The number of rotatable bonds is 14. The Kier molecular flexibility index (Phi) is 10.7. The van der Waals surface area contributed by atoms with Crippen LogP contribution in [0.2, 0.25) is 0 Å². The molecule has 0 saturated carbocycles. The smallest absolute Gasteiger partial charge is 0.307 e. The third-order valence-electron chi connectivity index (χ3n) is 9.69. The predicted octanol–water partition coefficient (Wildman–Crippen LogP) is 3.11. The lowest BCUT2D eigenvalue weighted by molar-refractivity contribution is -0.138. The molecule has 0 saturated heterocycles. The van der Waals surface area contributed by atoms with E-state index in [1.54, 1.807) is 12.2 Å². The number of fused-ring (bicyclic) bond motifs is 6. The minimum atomic E-state index is -1.15. The molecule has 3 aliphatic rings. The fraction of sp³-hybridized carbons (Fsp3) is 0.378. The molecule has 268 valence electrons. The summed E-state index contributed by atoms with van der Waals surface area (Å²) in [6.07, 6.45) is 4.93. The van der Waals surface area contributed by atoms with Gasteiger partial charge in [0, 0.05) is 54.2 Å². The maximum atomic E-state index is 12.2. The van der Waals surface area contributed by atoms with Crippen LogP contribution in [0.3, 0.4) is 0 Å². The molecule has 7 N–H and O–H groups in total. The molecule has 2 aromatic heterocycles. The van der Waals surface area contributed by atoms with Crippen LogP contribution < -0.4 is 10.7 Å². The normalized spacial score (nSPS) is 19.0. The molecule has 0 fully saturated rings. The van der Waals surface area contributed by atoms with Crippen molar-refractivity contribution in [1.29, 1.82) is 0 Å². The van der Waals surface area contributed by atoms with Crippen LogP contribution in [-0.4, -0.2) is 82.8 Å². The Morgan fingerprint density at radius 2 is 1.22 bits per heavy atom. The number of aliphatic imine (C=N–C) groups is 2. The van der Waals surface area contributed by atoms with Gasteiger partial charge in [0.2, 0.25) is 0 Å². The molecule has 0 amide bonds. The van der Waals surface area contributed by atoms with Gasteiger partial charge in [-0.25, -0.2) is 4.99 Å². The van der Waals surface area contributed by atoms with Gasteiger partial charge in [-0.2, -0.15) is 0 Å². The van der Waals surface area contributed by atoms with E-state index in [4.69, 9.17) is 9.98 Å². The lowest BCUT2D eigenvalue weighted by Crippen LogP contribution is -2.17. The van der Waals surface area contributed by atoms with Crippen molar-refractivity contribution < 1.29 is 49.5 Å². The lowest BCUT2D eigenvalue weighted by atomic mass is 9.95. The van der Waals surface area contributed by atoms with Crippen molar-refractivity contribution in [3.8, 4) is 0 Å². The van der Waals surface area contributed by atoms with E-state index in [1.807, 2.05) is 26.8 Å². The standard InChI is InChI=1S/C37H40N4O10/c1-17-20(4-8-33(42)43)28-14-27-19(3)22(6-10-35(46)47)30(40-27)16-32-24(12-37(50)51)23(7-11-36(48)49)31(41-32)15-29-21(5-9-34(44)45)18(2)26(39-29)13-25(17)38-28/h14-16,26,38,41H,4-13H2,1-3H3,(H,42,43)(H,44,45)(H,46,47)(H,48,49)(H,50,51)/b27-14-,31-15-,32-16-. The number of hydrogen-bond acceptors (Lipinski definition) is 7. The molecule has 51 heavy (non-hydrogen) atoms. The largest absolute Gasteiger partial charge is 0.481 e. The van der Waals surface area contributed by atoms with Crippen LogP contribution in [-0.2, 0) is 49.7 Å². The first-order valence-corrected chi connectivity index (χ1v) is 16.6. The molecule has 14 heteroatoms. The summed E-state index contributed by atoms with van der Waals surface area (Å²) in [7, 11) is 0. The molecule has 3 aliphatic heterocycles. The van der Waals surface area contributed by atoms with Crippen molar-refractivity contribution in [2.75, 3.05) is 0 Å². The third-order valence-corrected chi connectivity index (χ3v) is 9.69. The van der Waals surface area contributed by atoms with Gasteiger partial charge in [0.05, 0.1) is 29.6 Å². The maximum absolute atomic E-state index is 12.2. The van der Waals surface area contributed by atoms with Crippen molar-refractivity contribution in [3.05, 3.63) is 72.3 Å². The third kappa shape index (κ3) is 8.17. The Morgan fingerprint density at radius 1 is 0.667 bits per heavy atom. The van der Waals surface area contributed by atoms with Crippen molar-refractivity contribution in [2.24, 2.45) is 9.98 Å². The topological polar surface area (TPSA) is 243 Å². The zero-order valence-electron chi connectivity index (χ0n) is 28.6. The highest BCUT2D eigenvalue weighted by molar-refractivity contribution is 6.24. The van der Waals surface area contributed by atoms with Gasteiger partial charge < -0.3 is 35.5 Å². The zero-order valence-corrected chi connectivity index (χ0v) is 28.6. The number of hydrogen-bond donors (Lipinski definition) is 7. The quantitative estimate of drug-likeness (QED) is 0.152. The van der Waals surface area contributed by atoms with Crippen LogP contribution in [0.1, 0.15) is 86.0 Å². The molecule has 0 aliphatic carbocycles. The summed E-state index contributed by atoms with van der Waals surface area (Å²) in [5.74, 6) is -5.17. The second-order valence-corrected chi connectivity index (χ2v) is 13.0. The van der Waals surface area contributed by atoms with Crippen LogP contribution in [0.25, 0.3) is 18.2 Å². The highest BCUT2D eigenvalue weighted by Crippen LogP contribution is 2.34. The molecular weight excluding hydrogens is 660 g/mol. The molecule has 1 atom stereocenters. The number of aliphatic carboxylic acids is 5. The maximum Gasteiger partial charge on any atom is 0.307 e. The molecule has 2 aromatic rings. The van der Waals surface area contributed by atoms with Crippen LogP contribution in [0.5, 0.6) is 0 Å². The number of nitrogens with zero attached hydrogens (tertiary/aromatic N) is 2. The Bertz CT molecular complexity index is 2140. The van der Waals surface area contributed by atoms with Crippen LogP contribution in [0.4, 0.5) is 0 Å². The highest BCUT2D eigenvalue weighted by atomic mass is 16.4. The Morgan fingerprint density at radius 3 is 1.82 bits per heavy atom. The molecular formula is C37H40N4O10. The molecule has 0 spiro atoms. The molecule has 0 radical (unpaired) electrons. The van der Waals surface area contributed by atoms with Gasteiger partial charge in [-0.1, -0.05) is 0 Å². The minimum absolute atomic E-state index is 0.000370. The van der Waals surface area contributed by atoms with Gasteiger partial charge in [-0.15, -0.1) is 0 Å². The number of nitrogens with one attached hydrogen (secondary N) is 2. The zero-order chi connectivity index (χ0) is 37.1. The van der Waals surface area contributed by atoms with Crippen LogP contribution in [0, 0.1) is 6.92 Å². The second-order valence-electron chi connectivity index (χ2n) is 13.0. The number of carboxylic acids is 5. The van der Waals surface area contributed by atoms with E-state index in [0.717, 1.165) is 22.4 Å². The van der Waals surface area contributed by atoms with Gasteiger partial charge in [0.15, 0.2) is 0 Å². The van der Waals surface area contributed by atoms with Crippen LogP contribution in [0.15, 0.2) is 38.0 Å². The van der Waals surface area contributed by atoms with E-state index < -0.39 is 42.3 Å². The summed E-state index contributed by atoms with van der Waals surface area (Å²) in [5.41, 5.74) is 8.27. The van der Waals surface area contributed by atoms with Crippen molar-refractivity contribution in [2.45, 2.75) is 91.0 Å². The van der Waals surface area contributed by atoms with E-state index in [9.17, 15) is 49.5 Å². The number of H-pyrrole nitrogens is 2. The van der Waals surface area contributed by atoms with Gasteiger partial charge in [0.25, 0.3) is 0 Å². The number of carbonyl (C=O) groups is 5. The fourth-order valence-corrected chi connectivity index (χ4v) is 7.00. The van der Waals surface area contributed by atoms with Crippen molar-refractivity contribution in [1.82, 2.24) is 9.97 Å².